The standard InChI is InChI=1S/C20H19N3O3/c1-11-7-8-16(26-11)19-18-13(12-5-3-4-6-14(12)21-18)9-15-20(25)22(2)10-17(24)23(15)19/h3-8,15,19,21H,9-10H2,1-2H3. The van der Waals surface area contributed by atoms with Gasteiger partial charge in [0.1, 0.15) is 23.6 Å². The lowest BCUT2D eigenvalue weighted by Gasteiger charge is -2.45. The number of para-hydroxylation sites is 1. The van der Waals surface area contributed by atoms with E-state index in [9.17, 15) is 9.59 Å². The first-order chi connectivity index (χ1) is 12.5. The number of aromatic nitrogens is 1. The number of nitrogens with zero attached hydrogens (tertiary/aromatic N) is 2. The van der Waals surface area contributed by atoms with Crippen LogP contribution in [0.2, 0.25) is 0 Å². The summed E-state index contributed by atoms with van der Waals surface area (Å²) in [7, 11) is 1.69. The van der Waals surface area contributed by atoms with Crippen molar-refractivity contribution in [3.05, 3.63) is 59.2 Å². The topological polar surface area (TPSA) is 69.6 Å². The van der Waals surface area contributed by atoms with Gasteiger partial charge in [-0.25, -0.2) is 0 Å². The van der Waals surface area contributed by atoms with Crippen molar-refractivity contribution < 1.29 is 14.0 Å². The van der Waals surface area contributed by atoms with Crippen molar-refractivity contribution >= 4 is 22.7 Å². The van der Waals surface area contributed by atoms with E-state index in [-0.39, 0.29) is 18.4 Å². The summed E-state index contributed by atoms with van der Waals surface area (Å²) in [4.78, 5) is 32.4. The maximum atomic E-state index is 12.9. The molecule has 0 aliphatic carbocycles. The number of furan rings is 1. The molecule has 0 spiro atoms. The number of nitrogens with one attached hydrogen (secondary N) is 1. The Morgan fingerprint density at radius 3 is 2.73 bits per heavy atom. The molecule has 2 aromatic heterocycles. The number of benzene rings is 1. The second-order valence-electron chi connectivity index (χ2n) is 7.13. The molecule has 1 fully saturated rings. The van der Waals surface area contributed by atoms with Crippen molar-refractivity contribution in [3.8, 4) is 0 Å². The number of fused-ring (bicyclic) bond motifs is 4. The molecule has 4 heterocycles. The van der Waals surface area contributed by atoms with Crippen LogP contribution in [0.25, 0.3) is 10.9 Å². The predicted octanol–water partition coefficient (Wildman–Crippen LogP) is 2.38. The molecule has 132 valence electrons. The maximum absolute atomic E-state index is 12.9. The zero-order chi connectivity index (χ0) is 18.0. The monoisotopic (exact) mass is 349 g/mol. The minimum Gasteiger partial charge on any atom is -0.464 e. The lowest BCUT2D eigenvalue weighted by Crippen LogP contribution is -2.62. The number of rotatable bonds is 1. The highest BCUT2D eigenvalue weighted by Crippen LogP contribution is 2.42. The Balaban J connectivity index is 1.77. The van der Waals surface area contributed by atoms with E-state index in [1.165, 1.54) is 4.90 Å². The normalized spacial score (nSPS) is 22.7. The van der Waals surface area contributed by atoms with Crippen molar-refractivity contribution in [2.45, 2.75) is 25.4 Å². The molecule has 2 unspecified atom stereocenters. The Kier molecular flexibility index (Phi) is 3.07. The van der Waals surface area contributed by atoms with Crippen LogP contribution in [0.1, 0.15) is 28.8 Å². The number of carbonyl (C=O) groups is 2. The van der Waals surface area contributed by atoms with Gasteiger partial charge in [0.05, 0.1) is 12.2 Å². The molecule has 2 atom stereocenters. The molecule has 1 N–H and O–H groups in total. The Labute approximate surface area is 150 Å². The molecule has 26 heavy (non-hydrogen) atoms. The van der Waals surface area contributed by atoms with Crippen LogP contribution in [-0.4, -0.2) is 46.2 Å². The highest BCUT2D eigenvalue weighted by atomic mass is 16.3. The van der Waals surface area contributed by atoms with Gasteiger partial charge in [0, 0.05) is 24.4 Å². The number of aryl methyl sites for hydroxylation is 1. The predicted molar refractivity (Wildman–Crippen MR) is 95.6 cm³/mol. The average Bonchev–Trinajstić information content (AvgIpc) is 3.21. The first kappa shape index (κ1) is 15.3. The molecular formula is C20H19N3O3. The minimum atomic E-state index is -0.497. The van der Waals surface area contributed by atoms with Crippen LogP contribution in [0.5, 0.6) is 0 Å². The van der Waals surface area contributed by atoms with Crippen LogP contribution < -0.4 is 0 Å². The quantitative estimate of drug-likeness (QED) is 0.733. The number of likely N-dealkylation sites (N-methyl/N-ethyl adjacent to an activating group) is 1. The number of hydrogen-bond donors (Lipinski definition) is 1. The van der Waals surface area contributed by atoms with Gasteiger partial charge >= 0.3 is 0 Å². The molecular weight excluding hydrogens is 330 g/mol. The molecule has 1 aromatic carbocycles. The summed E-state index contributed by atoms with van der Waals surface area (Å²) in [6, 6.07) is 10.9. The van der Waals surface area contributed by atoms with Gasteiger partial charge in [-0.15, -0.1) is 0 Å². The van der Waals surface area contributed by atoms with E-state index >= 15 is 0 Å². The average molecular weight is 349 g/mol. The summed E-state index contributed by atoms with van der Waals surface area (Å²) in [6.07, 6.45) is 0.518. The van der Waals surface area contributed by atoms with E-state index < -0.39 is 12.1 Å². The van der Waals surface area contributed by atoms with Crippen molar-refractivity contribution in [2.24, 2.45) is 0 Å². The van der Waals surface area contributed by atoms with Gasteiger partial charge < -0.3 is 19.2 Å². The van der Waals surface area contributed by atoms with Crippen molar-refractivity contribution in [3.63, 3.8) is 0 Å². The van der Waals surface area contributed by atoms with Gasteiger partial charge in [-0.2, -0.15) is 0 Å². The summed E-state index contributed by atoms with van der Waals surface area (Å²) >= 11 is 0. The van der Waals surface area contributed by atoms with Crippen LogP contribution in [0.15, 0.2) is 40.8 Å². The number of H-pyrrole nitrogens is 1. The maximum Gasteiger partial charge on any atom is 0.245 e. The fourth-order valence-corrected chi connectivity index (χ4v) is 4.31. The third-order valence-electron chi connectivity index (χ3n) is 5.48. The van der Waals surface area contributed by atoms with Crippen LogP contribution >= 0.6 is 0 Å². The number of amides is 2. The lowest BCUT2D eigenvalue weighted by molar-refractivity contribution is -0.157. The third kappa shape index (κ3) is 1.98. The van der Waals surface area contributed by atoms with E-state index in [1.54, 1.807) is 11.9 Å². The van der Waals surface area contributed by atoms with E-state index in [1.807, 2.05) is 37.3 Å². The minimum absolute atomic E-state index is 0.0196. The molecule has 2 aliphatic heterocycles. The van der Waals surface area contributed by atoms with Crippen molar-refractivity contribution in [2.75, 3.05) is 13.6 Å². The van der Waals surface area contributed by atoms with Crippen LogP contribution in [0, 0.1) is 6.92 Å². The van der Waals surface area contributed by atoms with Crippen LogP contribution in [0.3, 0.4) is 0 Å². The molecule has 0 radical (unpaired) electrons. The highest BCUT2D eigenvalue weighted by molar-refractivity contribution is 5.97. The molecule has 0 bridgehead atoms. The van der Waals surface area contributed by atoms with Gasteiger partial charge in [0.25, 0.3) is 0 Å². The first-order valence-corrected chi connectivity index (χ1v) is 8.76. The summed E-state index contributed by atoms with van der Waals surface area (Å²) in [5.41, 5.74) is 3.05. The van der Waals surface area contributed by atoms with E-state index in [0.717, 1.165) is 27.9 Å². The number of aromatic amines is 1. The molecule has 0 saturated carbocycles. The molecule has 5 rings (SSSR count). The van der Waals surface area contributed by atoms with Gasteiger partial charge in [0.15, 0.2) is 0 Å². The van der Waals surface area contributed by atoms with Gasteiger partial charge in [-0.1, -0.05) is 18.2 Å². The fourth-order valence-electron chi connectivity index (χ4n) is 4.31. The Morgan fingerprint density at radius 1 is 1.15 bits per heavy atom. The molecule has 6 nitrogen and oxygen atoms in total. The number of hydrogen-bond acceptors (Lipinski definition) is 3. The first-order valence-electron chi connectivity index (χ1n) is 8.76. The smallest absolute Gasteiger partial charge is 0.245 e. The molecule has 2 aliphatic rings. The van der Waals surface area contributed by atoms with E-state index in [4.69, 9.17) is 4.42 Å². The van der Waals surface area contributed by atoms with Crippen molar-refractivity contribution in [1.29, 1.82) is 0 Å². The fraction of sp³-hybridized carbons (Fsp3) is 0.300. The van der Waals surface area contributed by atoms with E-state index in [2.05, 4.69) is 11.1 Å². The van der Waals surface area contributed by atoms with Gasteiger partial charge in [-0.3, -0.25) is 9.59 Å². The summed E-state index contributed by atoms with van der Waals surface area (Å²) < 4.78 is 5.90. The molecule has 1 saturated heterocycles. The zero-order valence-corrected chi connectivity index (χ0v) is 14.7. The third-order valence-corrected chi connectivity index (χ3v) is 5.48. The van der Waals surface area contributed by atoms with Gasteiger partial charge in [0.2, 0.25) is 11.8 Å². The molecule has 2 amide bonds. The highest BCUT2D eigenvalue weighted by Gasteiger charge is 2.48. The lowest BCUT2D eigenvalue weighted by atomic mass is 9.88. The Hall–Kier alpha value is -3.02. The Bertz CT molecular complexity index is 1050. The number of carbonyl (C=O) groups excluding carboxylic acids is 2. The van der Waals surface area contributed by atoms with Crippen LogP contribution in [0.4, 0.5) is 0 Å². The van der Waals surface area contributed by atoms with E-state index in [0.29, 0.717) is 12.2 Å². The Morgan fingerprint density at radius 2 is 1.96 bits per heavy atom. The van der Waals surface area contributed by atoms with Crippen molar-refractivity contribution in [1.82, 2.24) is 14.8 Å². The SMILES string of the molecule is Cc1ccc(C2c3[nH]c4ccccc4c3CC3C(=O)N(C)CC(=O)N32)o1. The van der Waals surface area contributed by atoms with Gasteiger partial charge in [-0.05, 0) is 30.7 Å². The summed E-state index contributed by atoms with van der Waals surface area (Å²) in [5, 5.41) is 1.10. The molecule has 3 aromatic rings. The summed E-state index contributed by atoms with van der Waals surface area (Å²) in [5.74, 6) is 1.40. The molecule has 6 heteroatoms. The second kappa shape index (κ2) is 5.24. The number of piperazine rings is 1. The summed E-state index contributed by atoms with van der Waals surface area (Å²) in [6.45, 7) is 1.98. The zero-order valence-electron chi connectivity index (χ0n) is 14.7. The second-order valence-corrected chi connectivity index (χ2v) is 7.13. The van der Waals surface area contributed by atoms with Crippen LogP contribution in [-0.2, 0) is 16.0 Å². The largest absolute Gasteiger partial charge is 0.464 e.